The fraction of sp³-hybridized carbons (Fsp3) is 0.852. The van der Waals surface area contributed by atoms with Gasteiger partial charge in [0.25, 0.3) is 0 Å². The Labute approximate surface area is 201 Å². The highest BCUT2D eigenvalue weighted by Crippen LogP contribution is 2.77. The normalized spacial score (nSPS) is 51.7. The van der Waals surface area contributed by atoms with Gasteiger partial charge in [-0.1, -0.05) is 27.4 Å². The number of ketones is 1. The van der Waals surface area contributed by atoms with E-state index < -0.39 is 28.8 Å². The third-order valence-corrected chi connectivity index (χ3v) is 11.2. The molecule has 7 nitrogen and oxygen atoms in total. The SMILES string of the molecule is C=C1C(=O)[C@]23[C@H](OC(=O)C4CCNCC4)[C@H]1CC[C@H]2[C@@]12CO[C@@]3(O)[C@@H](O)[C@@H]1C(C)(C)CC[C@@H]2C. The van der Waals surface area contributed by atoms with Crippen LogP contribution in [0.3, 0.4) is 0 Å². The minimum absolute atomic E-state index is 0.197. The van der Waals surface area contributed by atoms with E-state index in [4.69, 9.17) is 9.47 Å². The number of carbonyl (C=O) groups is 2. The molecule has 7 fully saturated rings. The molecule has 3 saturated heterocycles. The van der Waals surface area contributed by atoms with Gasteiger partial charge in [0.15, 0.2) is 5.78 Å². The molecule has 4 aliphatic carbocycles. The molecular formula is C27H39NO6. The van der Waals surface area contributed by atoms with Crippen molar-refractivity contribution in [2.75, 3.05) is 19.7 Å². The smallest absolute Gasteiger partial charge is 0.309 e. The summed E-state index contributed by atoms with van der Waals surface area (Å²) >= 11 is 0. The first-order valence-electron chi connectivity index (χ1n) is 13.2. The molecule has 4 saturated carbocycles. The summed E-state index contributed by atoms with van der Waals surface area (Å²) in [5, 5.41) is 27.4. The van der Waals surface area contributed by atoms with Gasteiger partial charge in [0.1, 0.15) is 17.6 Å². The van der Waals surface area contributed by atoms with E-state index >= 15 is 0 Å². The molecule has 4 bridgehead atoms. The van der Waals surface area contributed by atoms with Crippen molar-refractivity contribution >= 4 is 11.8 Å². The first-order chi connectivity index (χ1) is 16.0. The van der Waals surface area contributed by atoms with Crippen LogP contribution in [0, 0.1) is 45.8 Å². The van der Waals surface area contributed by atoms with Gasteiger partial charge in [-0.3, -0.25) is 9.59 Å². The number of Topliss-reactive ketones (excluding diaryl/α,β-unsaturated/α-hetero) is 1. The van der Waals surface area contributed by atoms with Gasteiger partial charge in [-0.15, -0.1) is 0 Å². The Bertz CT molecular complexity index is 941. The molecule has 3 N–H and O–H groups in total. The molecule has 188 valence electrons. The minimum Gasteiger partial charge on any atom is -0.460 e. The molecule has 0 radical (unpaired) electrons. The Balaban J connectivity index is 1.50. The zero-order valence-electron chi connectivity index (χ0n) is 20.6. The first kappa shape index (κ1) is 23.1. The van der Waals surface area contributed by atoms with Gasteiger partial charge in [-0.25, -0.2) is 0 Å². The highest BCUT2D eigenvalue weighted by molar-refractivity contribution is 6.05. The maximum absolute atomic E-state index is 14.1. The first-order valence-corrected chi connectivity index (χ1v) is 13.2. The van der Waals surface area contributed by atoms with Crippen LogP contribution in [0.15, 0.2) is 12.2 Å². The van der Waals surface area contributed by atoms with Crippen molar-refractivity contribution in [2.45, 2.75) is 77.3 Å². The third-order valence-electron chi connectivity index (χ3n) is 11.2. The van der Waals surface area contributed by atoms with Crippen molar-refractivity contribution in [3.8, 4) is 0 Å². The topological polar surface area (TPSA) is 105 Å². The number of carbonyl (C=O) groups excluding carboxylic acids is 2. The Morgan fingerprint density at radius 3 is 2.59 bits per heavy atom. The Morgan fingerprint density at radius 1 is 1.18 bits per heavy atom. The van der Waals surface area contributed by atoms with Gasteiger partial charge in [-0.2, -0.15) is 0 Å². The Hall–Kier alpha value is -1.28. The van der Waals surface area contributed by atoms with Gasteiger partial charge in [0, 0.05) is 17.3 Å². The van der Waals surface area contributed by atoms with Gasteiger partial charge in [-0.05, 0) is 74.4 Å². The van der Waals surface area contributed by atoms with Crippen molar-refractivity contribution in [3.05, 3.63) is 12.2 Å². The summed E-state index contributed by atoms with van der Waals surface area (Å²) in [5.41, 5.74) is -1.75. The van der Waals surface area contributed by atoms with E-state index in [1.165, 1.54) is 0 Å². The second-order valence-corrected chi connectivity index (χ2v) is 12.8. The molecule has 0 aromatic carbocycles. The lowest BCUT2D eigenvalue weighted by atomic mass is 9.34. The molecule has 0 amide bonds. The van der Waals surface area contributed by atoms with Crippen LogP contribution in [-0.2, 0) is 19.1 Å². The fourth-order valence-electron chi connectivity index (χ4n) is 9.65. The van der Waals surface area contributed by atoms with Crippen LogP contribution >= 0.6 is 0 Å². The number of hydrogen-bond donors (Lipinski definition) is 3. The van der Waals surface area contributed by atoms with Crippen LogP contribution < -0.4 is 5.32 Å². The molecule has 7 heteroatoms. The maximum atomic E-state index is 14.1. The number of aliphatic hydroxyl groups excluding tert-OH is 1. The van der Waals surface area contributed by atoms with Crippen LogP contribution in [0.4, 0.5) is 0 Å². The molecule has 0 aromatic rings. The predicted octanol–water partition coefficient (Wildman–Crippen LogP) is 2.20. The zero-order valence-corrected chi connectivity index (χ0v) is 20.6. The number of nitrogens with one attached hydrogen (secondary N) is 1. The monoisotopic (exact) mass is 473 g/mol. The highest BCUT2D eigenvalue weighted by atomic mass is 16.6. The summed E-state index contributed by atoms with van der Waals surface area (Å²) in [7, 11) is 0. The summed E-state index contributed by atoms with van der Waals surface area (Å²) in [6.07, 6.45) is 2.69. The van der Waals surface area contributed by atoms with E-state index in [0.717, 1.165) is 32.4 Å². The highest BCUT2D eigenvalue weighted by Gasteiger charge is 2.87. The van der Waals surface area contributed by atoms with Crippen LogP contribution in [0.1, 0.15) is 59.3 Å². The van der Waals surface area contributed by atoms with Crippen LogP contribution in [0.5, 0.6) is 0 Å². The molecule has 3 aliphatic heterocycles. The molecule has 0 aromatic heterocycles. The van der Waals surface area contributed by atoms with Gasteiger partial charge in [0.05, 0.1) is 12.5 Å². The van der Waals surface area contributed by atoms with E-state index in [0.29, 0.717) is 31.4 Å². The molecule has 34 heavy (non-hydrogen) atoms. The van der Waals surface area contributed by atoms with Crippen molar-refractivity contribution in [3.63, 3.8) is 0 Å². The van der Waals surface area contributed by atoms with Gasteiger partial charge >= 0.3 is 5.97 Å². The number of ether oxygens (including phenoxy) is 2. The number of rotatable bonds is 2. The van der Waals surface area contributed by atoms with E-state index in [2.05, 4.69) is 32.7 Å². The van der Waals surface area contributed by atoms with E-state index in [1.54, 1.807) is 0 Å². The van der Waals surface area contributed by atoms with Crippen molar-refractivity contribution in [1.29, 1.82) is 0 Å². The summed E-state index contributed by atoms with van der Waals surface area (Å²) in [5.74, 6) is -3.43. The zero-order chi connectivity index (χ0) is 24.3. The second kappa shape index (κ2) is 7.15. The second-order valence-electron chi connectivity index (χ2n) is 12.8. The lowest BCUT2D eigenvalue weighted by Crippen LogP contribution is -2.85. The number of piperidine rings is 1. The number of hydrogen-bond acceptors (Lipinski definition) is 7. The third kappa shape index (κ3) is 2.43. The van der Waals surface area contributed by atoms with Crippen LogP contribution in [0.2, 0.25) is 0 Å². The summed E-state index contributed by atoms with van der Waals surface area (Å²) in [6.45, 7) is 12.5. The molecule has 9 atom stereocenters. The van der Waals surface area contributed by atoms with Crippen LogP contribution in [0.25, 0.3) is 0 Å². The van der Waals surface area contributed by atoms with E-state index in [9.17, 15) is 19.8 Å². The Morgan fingerprint density at radius 2 is 1.88 bits per heavy atom. The van der Waals surface area contributed by atoms with Gasteiger partial charge < -0.3 is 25.0 Å². The minimum atomic E-state index is -2.09. The molecular weight excluding hydrogens is 434 g/mol. The molecule has 2 spiro atoms. The molecule has 3 heterocycles. The average molecular weight is 474 g/mol. The quantitative estimate of drug-likeness (QED) is 0.417. The van der Waals surface area contributed by atoms with Crippen molar-refractivity contribution in [2.24, 2.45) is 45.8 Å². The lowest BCUT2D eigenvalue weighted by molar-refractivity contribution is -0.455. The van der Waals surface area contributed by atoms with Crippen LogP contribution in [-0.4, -0.2) is 59.7 Å². The fourth-order valence-corrected chi connectivity index (χ4v) is 9.65. The number of fused-ring (bicyclic) bond motifs is 2. The summed E-state index contributed by atoms with van der Waals surface area (Å²) in [4.78, 5) is 27.5. The summed E-state index contributed by atoms with van der Waals surface area (Å²) in [6, 6.07) is 0. The van der Waals surface area contributed by atoms with Crippen molar-refractivity contribution in [1.82, 2.24) is 5.32 Å². The summed E-state index contributed by atoms with van der Waals surface area (Å²) < 4.78 is 12.5. The molecule has 7 aliphatic rings. The molecule has 0 unspecified atom stereocenters. The van der Waals surface area contributed by atoms with E-state index in [-0.39, 0.29) is 46.8 Å². The molecule has 7 rings (SSSR count). The average Bonchev–Trinajstić information content (AvgIpc) is 2.93. The number of esters is 1. The van der Waals surface area contributed by atoms with E-state index in [1.807, 2.05) is 0 Å². The van der Waals surface area contributed by atoms with Gasteiger partial charge in [0.2, 0.25) is 5.79 Å². The Kier molecular flexibility index (Phi) is 4.86. The maximum Gasteiger partial charge on any atom is 0.309 e. The number of aliphatic hydroxyl groups is 2. The largest absolute Gasteiger partial charge is 0.460 e. The standard InChI is InChI=1S/C27H39NO6/c1-14-7-10-24(3,4)19-21(30)27(32)26-18(25(14,19)13-33-27)6-5-17(15(2)20(26)29)22(26)34-23(31)16-8-11-28-12-9-16/h14,16-19,21-22,28,30,32H,2,5-13H2,1,3-4H3/t14-,17-,18-,19+,21-,22+,25-,26-,27-/m0/s1. The predicted molar refractivity (Wildman–Crippen MR) is 123 cm³/mol. The van der Waals surface area contributed by atoms with Crippen molar-refractivity contribution < 1.29 is 29.3 Å². The lowest BCUT2D eigenvalue weighted by Gasteiger charge is -2.75.